The number of nitrogens with zero attached hydrogens (tertiary/aromatic N) is 1. The van der Waals surface area contributed by atoms with Gasteiger partial charge in [-0.05, 0) is 25.0 Å². The lowest BCUT2D eigenvalue weighted by Gasteiger charge is -2.39. The molecule has 2 aliphatic rings. The summed E-state index contributed by atoms with van der Waals surface area (Å²) in [7, 11) is 0. The molecule has 1 aliphatic carbocycles. The molecule has 2 rings (SSSR count). The lowest BCUT2D eigenvalue weighted by molar-refractivity contribution is 0.152. The van der Waals surface area contributed by atoms with E-state index >= 15 is 0 Å². The van der Waals surface area contributed by atoms with Crippen molar-refractivity contribution in [2.24, 2.45) is 5.92 Å². The first kappa shape index (κ1) is 12.7. The van der Waals surface area contributed by atoms with Gasteiger partial charge in [0, 0.05) is 38.0 Å². The summed E-state index contributed by atoms with van der Waals surface area (Å²) in [6.45, 7) is 5.04. The molecule has 3 heteroatoms. The van der Waals surface area contributed by atoms with Crippen LogP contribution in [0.2, 0.25) is 0 Å². The maximum atomic E-state index is 3.75. The molecule has 0 bridgehead atoms. The summed E-state index contributed by atoms with van der Waals surface area (Å²) in [6.07, 6.45) is 9.55. The molecule has 0 aromatic rings. The van der Waals surface area contributed by atoms with Gasteiger partial charge in [0.2, 0.25) is 0 Å². The molecule has 0 aromatic heterocycles. The lowest BCUT2D eigenvalue weighted by Crippen LogP contribution is -2.54. The molecule has 1 saturated carbocycles. The second-order valence-corrected chi connectivity index (χ2v) is 6.24. The summed E-state index contributed by atoms with van der Waals surface area (Å²) < 4.78 is 0. The van der Waals surface area contributed by atoms with E-state index in [9.17, 15) is 0 Å². The number of hydrogen-bond donors (Lipinski definition) is 1. The van der Waals surface area contributed by atoms with Crippen molar-refractivity contribution in [1.82, 2.24) is 10.2 Å². The summed E-state index contributed by atoms with van der Waals surface area (Å²) in [6, 6.07) is 0.788. The van der Waals surface area contributed by atoms with Crippen LogP contribution in [0.15, 0.2) is 0 Å². The quantitative estimate of drug-likeness (QED) is 0.814. The summed E-state index contributed by atoms with van der Waals surface area (Å²) >= 11 is 1.97. The van der Waals surface area contributed by atoms with E-state index in [1.165, 1.54) is 64.0 Å². The number of nitrogens with one attached hydrogen (secondary N) is 1. The van der Waals surface area contributed by atoms with Crippen molar-refractivity contribution in [2.45, 2.75) is 38.1 Å². The largest absolute Gasteiger partial charge is 0.311 e. The maximum Gasteiger partial charge on any atom is 0.0223 e. The number of thioether (sulfide) groups is 1. The normalized spacial score (nSPS) is 29.4. The number of piperazine rings is 1. The minimum Gasteiger partial charge on any atom is -0.311 e. The first-order chi connectivity index (χ1) is 7.90. The Bertz CT molecular complexity index is 192. The molecule has 1 atom stereocenters. The Morgan fingerprint density at radius 3 is 2.81 bits per heavy atom. The second kappa shape index (κ2) is 6.87. The van der Waals surface area contributed by atoms with Crippen molar-refractivity contribution in [3.63, 3.8) is 0 Å². The second-order valence-electron chi connectivity index (χ2n) is 5.25. The van der Waals surface area contributed by atoms with Crippen LogP contribution in [-0.2, 0) is 0 Å². The molecule has 1 heterocycles. The molecule has 1 N–H and O–H groups in total. The van der Waals surface area contributed by atoms with Crippen LogP contribution in [0.1, 0.15) is 32.1 Å². The molecular formula is C13H26N2S. The van der Waals surface area contributed by atoms with Gasteiger partial charge in [0.15, 0.2) is 0 Å². The minimum absolute atomic E-state index is 0.788. The molecule has 1 unspecified atom stereocenters. The molecule has 94 valence electrons. The molecule has 16 heavy (non-hydrogen) atoms. The zero-order chi connectivity index (χ0) is 11.2. The zero-order valence-corrected chi connectivity index (χ0v) is 11.4. The third-order valence-corrected chi connectivity index (χ3v) is 4.71. The number of hydrogen-bond acceptors (Lipinski definition) is 3. The third kappa shape index (κ3) is 3.64. The Morgan fingerprint density at radius 2 is 2.06 bits per heavy atom. The van der Waals surface area contributed by atoms with E-state index < -0.39 is 0 Å². The average Bonchev–Trinajstić information content (AvgIpc) is 2.38. The Morgan fingerprint density at radius 1 is 1.25 bits per heavy atom. The predicted octanol–water partition coefficient (Wildman–Crippen LogP) is 2.20. The molecule has 0 spiro atoms. The van der Waals surface area contributed by atoms with E-state index in [2.05, 4.69) is 16.5 Å². The highest BCUT2D eigenvalue weighted by atomic mass is 32.2. The summed E-state index contributed by atoms with van der Waals surface area (Å²) in [5, 5.41) is 3.75. The topological polar surface area (TPSA) is 15.3 Å². The van der Waals surface area contributed by atoms with Crippen molar-refractivity contribution < 1.29 is 0 Å². The zero-order valence-electron chi connectivity index (χ0n) is 10.6. The van der Waals surface area contributed by atoms with Gasteiger partial charge in [-0.3, -0.25) is 4.90 Å². The molecule has 0 radical (unpaired) electrons. The van der Waals surface area contributed by atoms with Crippen molar-refractivity contribution in [3.8, 4) is 0 Å². The molecule has 2 fully saturated rings. The summed E-state index contributed by atoms with van der Waals surface area (Å²) in [5.41, 5.74) is 0. The molecule has 1 aliphatic heterocycles. The van der Waals surface area contributed by atoms with Crippen LogP contribution in [0.3, 0.4) is 0 Å². The van der Waals surface area contributed by atoms with Crippen molar-refractivity contribution in [3.05, 3.63) is 0 Å². The fourth-order valence-electron chi connectivity index (χ4n) is 3.12. The van der Waals surface area contributed by atoms with Gasteiger partial charge in [0.05, 0.1) is 0 Å². The molecule has 0 amide bonds. The smallest absolute Gasteiger partial charge is 0.0223 e. The summed E-state index contributed by atoms with van der Waals surface area (Å²) in [5.74, 6) is 2.25. The van der Waals surface area contributed by atoms with Crippen LogP contribution in [0, 0.1) is 5.92 Å². The van der Waals surface area contributed by atoms with E-state index in [0.717, 1.165) is 12.0 Å². The van der Waals surface area contributed by atoms with Crippen molar-refractivity contribution in [2.75, 3.05) is 38.2 Å². The van der Waals surface area contributed by atoms with Crippen LogP contribution in [-0.4, -0.2) is 49.1 Å². The van der Waals surface area contributed by atoms with Gasteiger partial charge < -0.3 is 5.32 Å². The minimum atomic E-state index is 0.788. The predicted molar refractivity (Wildman–Crippen MR) is 73.2 cm³/mol. The van der Waals surface area contributed by atoms with Crippen LogP contribution in [0.4, 0.5) is 0 Å². The van der Waals surface area contributed by atoms with Crippen molar-refractivity contribution >= 4 is 11.8 Å². The van der Waals surface area contributed by atoms with Gasteiger partial charge >= 0.3 is 0 Å². The van der Waals surface area contributed by atoms with Crippen molar-refractivity contribution in [1.29, 1.82) is 0 Å². The van der Waals surface area contributed by atoms with Gasteiger partial charge in [-0.15, -0.1) is 0 Å². The molecular weight excluding hydrogens is 216 g/mol. The summed E-state index contributed by atoms with van der Waals surface area (Å²) in [4.78, 5) is 2.66. The third-order valence-electron chi connectivity index (χ3n) is 4.12. The highest BCUT2D eigenvalue weighted by Crippen LogP contribution is 2.27. The van der Waals surface area contributed by atoms with E-state index in [1.807, 2.05) is 11.8 Å². The van der Waals surface area contributed by atoms with Gasteiger partial charge in [-0.25, -0.2) is 0 Å². The van der Waals surface area contributed by atoms with Gasteiger partial charge in [0.25, 0.3) is 0 Å². The molecule has 0 aromatic carbocycles. The Labute approximate surface area is 105 Å². The van der Waals surface area contributed by atoms with Gasteiger partial charge in [0.1, 0.15) is 0 Å². The van der Waals surface area contributed by atoms with Gasteiger partial charge in [-0.1, -0.05) is 19.3 Å². The first-order valence-corrected chi connectivity index (χ1v) is 8.24. The fraction of sp³-hybridized carbons (Fsp3) is 1.00. The fourth-order valence-corrected chi connectivity index (χ4v) is 3.56. The van der Waals surface area contributed by atoms with E-state index in [4.69, 9.17) is 0 Å². The number of rotatable bonds is 4. The SMILES string of the molecule is CSCCN1CCNC(C2CCCCC2)C1. The highest BCUT2D eigenvalue weighted by Gasteiger charge is 2.27. The maximum absolute atomic E-state index is 3.75. The van der Waals surface area contributed by atoms with Crippen LogP contribution in [0.25, 0.3) is 0 Å². The molecule has 1 saturated heterocycles. The standard InChI is InChI=1S/C13H26N2S/c1-16-10-9-15-8-7-14-13(11-15)12-5-3-2-4-6-12/h12-14H,2-11H2,1H3. The van der Waals surface area contributed by atoms with Crippen LogP contribution >= 0.6 is 11.8 Å². The highest BCUT2D eigenvalue weighted by molar-refractivity contribution is 7.98. The monoisotopic (exact) mass is 242 g/mol. The Hall–Kier alpha value is 0.270. The molecule has 2 nitrogen and oxygen atoms in total. The van der Waals surface area contributed by atoms with Crippen LogP contribution < -0.4 is 5.32 Å². The van der Waals surface area contributed by atoms with E-state index in [-0.39, 0.29) is 0 Å². The lowest BCUT2D eigenvalue weighted by atomic mass is 9.83. The van der Waals surface area contributed by atoms with E-state index in [0.29, 0.717) is 0 Å². The van der Waals surface area contributed by atoms with E-state index in [1.54, 1.807) is 0 Å². The Balaban J connectivity index is 1.76. The van der Waals surface area contributed by atoms with Crippen LogP contribution in [0.5, 0.6) is 0 Å². The first-order valence-electron chi connectivity index (χ1n) is 6.85. The van der Waals surface area contributed by atoms with Gasteiger partial charge in [-0.2, -0.15) is 11.8 Å². The Kier molecular flexibility index (Phi) is 5.46. The average molecular weight is 242 g/mol.